The molecule has 0 saturated carbocycles. The lowest BCUT2D eigenvalue weighted by Crippen LogP contribution is -2.51. The second-order valence-corrected chi connectivity index (χ2v) is 5.95. The van der Waals surface area contributed by atoms with E-state index in [-0.39, 0.29) is 0 Å². The van der Waals surface area contributed by atoms with E-state index >= 15 is 0 Å². The summed E-state index contributed by atoms with van der Waals surface area (Å²) in [6.45, 7) is 6.90. The van der Waals surface area contributed by atoms with Gasteiger partial charge in [0.05, 0.1) is 0 Å². The largest absolute Gasteiger partial charge is 0.356 e. The zero-order valence-electron chi connectivity index (χ0n) is 11.3. The van der Waals surface area contributed by atoms with Crippen LogP contribution in [0, 0.1) is 12.3 Å². The number of aromatic nitrogens is 1. The van der Waals surface area contributed by atoms with Gasteiger partial charge in [-0.1, -0.05) is 6.07 Å². The summed E-state index contributed by atoms with van der Waals surface area (Å²) in [7, 11) is 0. The van der Waals surface area contributed by atoms with E-state index in [0.29, 0.717) is 5.41 Å². The number of piperidine rings is 2. The number of nitrogens with zero attached hydrogens (tertiary/aromatic N) is 2. The number of hydrogen-bond donors (Lipinski definition) is 1. The summed E-state index contributed by atoms with van der Waals surface area (Å²) in [4.78, 5) is 7.09. The van der Waals surface area contributed by atoms with E-state index in [0.717, 1.165) is 0 Å². The quantitative estimate of drug-likeness (QED) is 0.823. The molecule has 2 aliphatic rings. The zero-order valence-corrected chi connectivity index (χ0v) is 11.3. The molecule has 18 heavy (non-hydrogen) atoms. The molecule has 2 fully saturated rings. The fraction of sp³-hybridized carbons (Fsp3) is 0.667. The van der Waals surface area contributed by atoms with Crippen LogP contribution in [0.2, 0.25) is 0 Å². The van der Waals surface area contributed by atoms with E-state index in [4.69, 9.17) is 0 Å². The number of rotatable bonds is 1. The fourth-order valence-corrected chi connectivity index (χ4v) is 3.58. The van der Waals surface area contributed by atoms with Crippen LogP contribution in [0.1, 0.15) is 31.2 Å². The lowest BCUT2D eigenvalue weighted by atomic mass is 9.74. The molecule has 2 saturated heterocycles. The van der Waals surface area contributed by atoms with Crippen LogP contribution in [-0.4, -0.2) is 31.2 Å². The zero-order chi connectivity index (χ0) is 12.4. The summed E-state index contributed by atoms with van der Waals surface area (Å²) in [5, 5.41) is 3.58. The van der Waals surface area contributed by atoms with Crippen molar-refractivity contribution in [1.29, 1.82) is 0 Å². The molecule has 1 atom stereocenters. The average Bonchev–Trinajstić information content (AvgIpc) is 2.40. The molecule has 3 heteroatoms. The highest BCUT2D eigenvalue weighted by Gasteiger charge is 2.37. The number of anilines is 1. The molecule has 98 valence electrons. The monoisotopic (exact) mass is 245 g/mol. The first-order valence-corrected chi connectivity index (χ1v) is 7.16. The second kappa shape index (κ2) is 4.88. The molecule has 1 spiro atoms. The summed E-state index contributed by atoms with van der Waals surface area (Å²) in [5.41, 5.74) is 1.80. The van der Waals surface area contributed by atoms with Gasteiger partial charge in [0.25, 0.3) is 0 Å². The van der Waals surface area contributed by atoms with E-state index in [9.17, 15) is 0 Å². The van der Waals surface area contributed by atoms with Gasteiger partial charge in [0.2, 0.25) is 0 Å². The molecule has 1 aromatic rings. The first kappa shape index (κ1) is 12.0. The maximum Gasteiger partial charge on any atom is 0.131 e. The highest BCUT2D eigenvalue weighted by Crippen LogP contribution is 2.37. The SMILES string of the molecule is Cc1cccnc1N1CCCC2(CCCNC2)C1. The molecule has 0 aliphatic carbocycles. The fourth-order valence-electron chi connectivity index (χ4n) is 3.58. The molecule has 2 aliphatic heterocycles. The molecule has 3 heterocycles. The van der Waals surface area contributed by atoms with Crippen LogP contribution in [0.3, 0.4) is 0 Å². The Balaban J connectivity index is 1.80. The van der Waals surface area contributed by atoms with Crippen molar-refractivity contribution in [2.24, 2.45) is 5.41 Å². The van der Waals surface area contributed by atoms with Crippen LogP contribution in [-0.2, 0) is 0 Å². The van der Waals surface area contributed by atoms with Crippen LogP contribution < -0.4 is 10.2 Å². The van der Waals surface area contributed by atoms with E-state index in [1.807, 2.05) is 12.3 Å². The Labute approximate surface area is 110 Å². The lowest BCUT2D eigenvalue weighted by molar-refractivity contribution is 0.173. The Bertz CT molecular complexity index is 404. The summed E-state index contributed by atoms with van der Waals surface area (Å²) in [6.07, 6.45) is 7.31. The minimum Gasteiger partial charge on any atom is -0.356 e. The first-order valence-electron chi connectivity index (χ1n) is 7.16. The summed E-state index contributed by atoms with van der Waals surface area (Å²) >= 11 is 0. The lowest BCUT2D eigenvalue weighted by Gasteiger charge is -2.46. The third-order valence-electron chi connectivity index (χ3n) is 4.50. The van der Waals surface area contributed by atoms with Gasteiger partial charge < -0.3 is 10.2 Å². The van der Waals surface area contributed by atoms with Gasteiger partial charge in [-0.05, 0) is 50.8 Å². The van der Waals surface area contributed by atoms with Crippen molar-refractivity contribution in [2.75, 3.05) is 31.1 Å². The predicted molar refractivity (Wildman–Crippen MR) is 75.0 cm³/mol. The van der Waals surface area contributed by atoms with Crippen LogP contribution >= 0.6 is 0 Å². The Morgan fingerprint density at radius 3 is 3.00 bits per heavy atom. The van der Waals surface area contributed by atoms with Gasteiger partial charge in [-0.15, -0.1) is 0 Å². The van der Waals surface area contributed by atoms with E-state index in [1.54, 1.807) is 0 Å². The average molecular weight is 245 g/mol. The van der Waals surface area contributed by atoms with Crippen molar-refractivity contribution in [3.05, 3.63) is 23.9 Å². The number of aryl methyl sites for hydroxylation is 1. The molecule has 1 unspecified atom stereocenters. The number of nitrogens with one attached hydrogen (secondary N) is 1. The third kappa shape index (κ3) is 2.24. The third-order valence-corrected chi connectivity index (χ3v) is 4.50. The number of hydrogen-bond acceptors (Lipinski definition) is 3. The smallest absolute Gasteiger partial charge is 0.131 e. The maximum atomic E-state index is 4.59. The van der Waals surface area contributed by atoms with Gasteiger partial charge in [-0.25, -0.2) is 4.98 Å². The van der Waals surface area contributed by atoms with Crippen LogP contribution in [0.4, 0.5) is 5.82 Å². The molecule has 3 rings (SSSR count). The molecule has 0 radical (unpaired) electrons. The topological polar surface area (TPSA) is 28.2 Å². The van der Waals surface area contributed by atoms with Crippen LogP contribution in [0.15, 0.2) is 18.3 Å². The van der Waals surface area contributed by atoms with Crippen LogP contribution in [0.5, 0.6) is 0 Å². The van der Waals surface area contributed by atoms with E-state index < -0.39 is 0 Å². The standard InChI is InChI=1S/C15H23N3/c1-13-5-2-9-17-14(13)18-10-4-7-15(12-18)6-3-8-16-11-15/h2,5,9,16H,3-4,6-8,10-12H2,1H3. The summed E-state index contributed by atoms with van der Waals surface area (Å²) in [6, 6.07) is 4.20. The molecule has 1 N–H and O–H groups in total. The predicted octanol–water partition coefficient (Wildman–Crippen LogP) is 2.36. The van der Waals surface area contributed by atoms with Crippen molar-refractivity contribution in [3.8, 4) is 0 Å². The first-order chi connectivity index (χ1) is 8.79. The van der Waals surface area contributed by atoms with Crippen LogP contribution in [0.25, 0.3) is 0 Å². The molecule has 0 amide bonds. The van der Waals surface area contributed by atoms with Gasteiger partial charge in [-0.2, -0.15) is 0 Å². The Morgan fingerprint density at radius 1 is 1.33 bits per heavy atom. The molecular weight excluding hydrogens is 222 g/mol. The van der Waals surface area contributed by atoms with E-state index in [1.165, 1.54) is 63.2 Å². The molecule has 0 aromatic carbocycles. The normalized spacial score (nSPS) is 28.6. The minimum atomic E-state index is 0.500. The molecular formula is C15H23N3. The maximum absolute atomic E-state index is 4.59. The molecule has 1 aromatic heterocycles. The van der Waals surface area contributed by atoms with Crippen molar-refractivity contribution in [1.82, 2.24) is 10.3 Å². The van der Waals surface area contributed by atoms with Gasteiger partial charge in [0, 0.05) is 31.2 Å². The van der Waals surface area contributed by atoms with Crippen molar-refractivity contribution < 1.29 is 0 Å². The molecule has 3 nitrogen and oxygen atoms in total. The van der Waals surface area contributed by atoms with Crippen molar-refractivity contribution in [3.63, 3.8) is 0 Å². The number of pyridine rings is 1. The molecule has 0 bridgehead atoms. The highest BCUT2D eigenvalue weighted by molar-refractivity contribution is 5.46. The Morgan fingerprint density at radius 2 is 2.22 bits per heavy atom. The van der Waals surface area contributed by atoms with Gasteiger partial charge in [0.1, 0.15) is 5.82 Å². The van der Waals surface area contributed by atoms with Gasteiger partial charge in [-0.3, -0.25) is 0 Å². The van der Waals surface area contributed by atoms with Gasteiger partial charge >= 0.3 is 0 Å². The summed E-state index contributed by atoms with van der Waals surface area (Å²) in [5.74, 6) is 1.20. The Kier molecular flexibility index (Phi) is 3.25. The minimum absolute atomic E-state index is 0.500. The second-order valence-electron chi connectivity index (χ2n) is 5.95. The van der Waals surface area contributed by atoms with Gasteiger partial charge in [0.15, 0.2) is 0 Å². The summed E-state index contributed by atoms with van der Waals surface area (Å²) < 4.78 is 0. The van der Waals surface area contributed by atoms with E-state index in [2.05, 4.69) is 28.2 Å². The Hall–Kier alpha value is -1.09. The van der Waals surface area contributed by atoms with Crippen molar-refractivity contribution >= 4 is 5.82 Å². The highest BCUT2D eigenvalue weighted by atomic mass is 15.2. The van der Waals surface area contributed by atoms with Crippen molar-refractivity contribution in [2.45, 2.75) is 32.6 Å².